The summed E-state index contributed by atoms with van der Waals surface area (Å²) >= 11 is 0. The van der Waals surface area contributed by atoms with Gasteiger partial charge in [0.05, 0.1) is 28.0 Å². The van der Waals surface area contributed by atoms with Crippen molar-refractivity contribution >= 4 is 28.1 Å². The largest absolute Gasteiger partial charge is 0.397 e. The predicted molar refractivity (Wildman–Crippen MR) is 110 cm³/mol. The van der Waals surface area contributed by atoms with Crippen LogP contribution in [0.15, 0.2) is 71.5 Å². The van der Waals surface area contributed by atoms with Crippen molar-refractivity contribution < 1.29 is 9.18 Å². The highest BCUT2D eigenvalue weighted by molar-refractivity contribution is 6.06. The summed E-state index contributed by atoms with van der Waals surface area (Å²) in [6, 6.07) is 18.2. The molecule has 0 unspecified atom stereocenters. The zero-order chi connectivity index (χ0) is 20.4. The molecular weight excluding hydrogens is 371 g/mol. The number of amides is 1. The lowest BCUT2D eigenvalue weighted by atomic mass is 10.0. The first kappa shape index (κ1) is 18.4. The van der Waals surface area contributed by atoms with Crippen LogP contribution < -0.4 is 16.6 Å². The van der Waals surface area contributed by atoms with Crippen molar-refractivity contribution in [1.29, 1.82) is 0 Å². The van der Waals surface area contributed by atoms with Crippen LogP contribution in [-0.2, 0) is 6.42 Å². The summed E-state index contributed by atoms with van der Waals surface area (Å²) in [5.41, 5.74) is 7.58. The summed E-state index contributed by atoms with van der Waals surface area (Å²) in [6.45, 7) is 0. The van der Waals surface area contributed by atoms with Crippen LogP contribution in [0, 0.1) is 5.82 Å². The second kappa shape index (κ2) is 7.55. The number of anilines is 2. The SMILES string of the molecule is Nc1ccccc1NC(=O)c1cc(Cc2n[nH]c(=O)c3ccccc23)ccc1F. The molecule has 7 heteroatoms. The molecule has 0 saturated carbocycles. The van der Waals surface area contributed by atoms with Crippen LogP contribution in [0.1, 0.15) is 21.6 Å². The highest BCUT2D eigenvalue weighted by atomic mass is 19.1. The molecule has 0 bridgehead atoms. The lowest BCUT2D eigenvalue weighted by Gasteiger charge is -2.10. The molecule has 0 radical (unpaired) electrons. The Morgan fingerprint density at radius 3 is 2.55 bits per heavy atom. The van der Waals surface area contributed by atoms with E-state index in [1.807, 2.05) is 12.1 Å². The second-order valence-corrected chi connectivity index (χ2v) is 6.58. The Morgan fingerprint density at radius 2 is 1.76 bits per heavy atom. The molecule has 0 atom stereocenters. The number of H-pyrrole nitrogens is 1. The standard InChI is InChI=1S/C22H17FN4O2/c23-17-10-9-13(11-16(17)21(28)25-19-8-4-3-7-18(19)24)12-20-14-5-1-2-6-15(14)22(29)27-26-20/h1-11H,12,24H2,(H,25,28)(H,27,29). The molecule has 1 amide bonds. The van der Waals surface area contributed by atoms with Crippen molar-refractivity contribution in [3.8, 4) is 0 Å². The van der Waals surface area contributed by atoms with Crippen LogP contribution in [-0.4, -0.2) is 16.1 Å². The fourth-order valence-corrected chi connectivity index (χ4v) is 3.16. The summed E-state index contributed by atoms with van der Waals surface area (Å²) < 4.78 is 14.3. The maximum Gasteiger partial charge on any atom is 0.272 e. The summed E-state index contributed by atoms with van der Waals surface area (Å²) in [6.07, 6.45) is 0.325. The lowest BCUT2D eigenvalue weighted by Crippen LogP contribution is -2.15. The van der Waals surface area contributed by atoms with Gasteiger partial charge >= 0.3 is 0 Å². The fourth-order valence-electron chi connectivity index (χ4n) is 3.16. The van der Waals surface area contributed by atoms with Gasteiger partial charge in [-0.25, -0.2) is 9.49 Å². The van der Waals surface area contributed by atoms with Gasteiger partial charge in [0.15, 0.2) is 0 Å². The van der Waals surface area contributed by atoms with E-state index < -0.39 is 11.7 Å². The van der Waals surface area contributed by atoms with Gasteiger partial charge < -0.3 is 11.1 Å². The topological polar surface area (TPSA) is 101 Å². The van der Waals surface area contributed by atoms with Crippen molar-refractivity contribution in [1.82, 2.24) is 10.2 Å². The van der Waals surface area contributed by atoms with Crippen molar-refractivity contribution in [3.63, 3.8) is 0 Å². The van der Waals surface area contributed by atoms with Crippen LogP contribution in [0.2, 0.25) is 0 Å². The monoisotopic (exact) mass is 388 g/mol. The molecular formula is C22H17FN4O2. The highest BCUT2D eigenvalue weighted by Gasteiger charge is 2.15. The molecule has 4 N–H and O–H groups in total. The Balaban J connectivity index is 1.66. The zero-order valence-corrected chi connectivity index (χ0v) is 15.3. The smallest absolute Gasteiger partial charge is 0.272 e. The number of carbonyl (C=O) groups excluding carboxylic acids is 1. The third-order valence-electron chi connectivity index (χ3n) is 4.63. The lowest BCUT2D eigenvalue weighted by molar-refractivity contribution is 0.102. The Labute approximate surface area is 165 Å². The Morgan fingerprint density at radius 1 is 1.03 bits per heavy atom. The van der Waals surface area contributed by atoms with E-state index in [1.54, 1.807) is 42.5 Å². The van der Waals surface area contributed by atoms with Crippen LogP contribution in [0.4, 0.5) is 15.8 Å². The number of nitrogen functional groups attached to an aromatic ring is 1. The number of para-hydroxylation sites is 2. The number of aromatic nitrogens is 2. The normalized spacial score (nSPS) is 10.8. The van der Waals surface area contributed by atoms with Crippen LogP contribution in [0.25, 0.3) is 10.8 Å². The van der Waals surface area contributed by atoms with E-state index in [-0.39, 0.29) is 11.1 Å². The number of fused-ring (bicyclic) bond motifs is 1. The molecule has 0 aliphatic rings. The number of hydrogen-bond acceptors (Lipinski definition) is 4. The number of nitrogens with one attached hydrogen (secondary N) is 2. The van der Waals surface area contributed by atoms with Crippen LogP contribution >= 0.6 is 0 Å². The minimum atomic E-state index is -0.639. The summed E-state index contributed by atoms with van der Waals surface area (Å²) in [4.78, 5) is 24.5. The van der Waals surface area contributed by atoms with Gasteiger partial charge in [0, 0.05) is 11.8 Å². The first-order valence-corrected chi connectivity index (χ1v) is 8.93. The van der Waals surface area contributed by atoms with Crippen molar-refractivity contribution in [2.24, 2.45) is 0 Å². The van der Waals surface area contributed by atoms with E-state index in [4.69, 9.17) is 5.73 Å². The highest BCUT2D eigenvalue weighted by Crippen LogP contribution is 2.21. The van der Waals surface area contributed by atoms with E-state index in [0.717, 1.165) is 0 Å². The van der Waals surface area contributed by atoms with Crippen molar-refractivity contribution in [3.05, 3.63) is 99.7 Å². The minimum Gasteiger partial charge on any atom is -0.397 e. The summed E-state index contributed by atoms with van der Waals surface area (Å²) in [5, 5.41) is 10.5. The predicted octanol–water partition coefficient (Wildman–Crippen LogP) is 3.49. The summed E-state index contributed by atoms with van der Waals surface area (Å²) in [7, 11) is 0. The maximum atomic E-state index is 14.3. The molecule has 4 rings (SSSR count). The minimum absolute atomic E-state index is 0.0977. The van der Waals surface area contributed by atoms with Gasteiger partial charge in [-0.1, -0.05) is 36.4 Å². The Kier molecular flexibility index (Phi) is 4.78. The molecule has 0 aliphatic carbocycles. The molecule has 144 valence electrons. The van der Waals surface area contributed by atoms with Gasteiger partial charge in [-0.2, -0.15) is 5.10 Å². The van der Waals surface area contributed by atoms with Gasteiger partial charge in [0.2, 0.25) is 0 Å². The number of rotatable bonds is 4. The van der Waals surface area contributed by atoms with Crippen LogP contribution in [0.5, 0.6) is 0 Å². The molecule has 1 heterocycles. The average molecular weight is 388 g/mol. The van der Waals surface area contributed by atoms with Crippen molar-refractivity contribution in [2.45, 2.75) is 6.42 Å². The number of hydrogen-bond donors (Lipinski definition) is 3. The van der Waals surface area contributed by atoms with E-state index in [2.05, 4.69) is 15.5 Å². The van der Waals surface area contributed by atoms with Crippen molar-refractivity contribution in [2.75, 3.05) is 11.1 Å². The van der Waals surface area contributed by atoms with E-state index in [1.165, 1.54) is 12.1 Å². The third kappa shape index (κ3) is 3.70. The molecule has 0 fully saturated rings. The Hall–Kier alpha value is -4.00. The molecule has 1 aromatic heterocycles. The maximum absolute atomic E-state index is 14.3. The molecule has 0 saturated heterocycles. The van der Waals surface area contributed by atoms with E-state index in [9.17, 15) is 14.0 Å². The van der Waals surface area contributed by atoms with Gasteiger partial charge in [0.1, 0.15) is 5.82 Å². The number of halogens is 1. The molecule has 0 spiro atoms. The first-order chi connectivity index (χ1) is 14.0. The molecule has 4 aromatic rings. The van der Waals surface area contributed by atoms with Gasteiger partial charge in [-0.15, -0.1) is 0 Å². The van der Waals surface area contributed by atoms with Gasteiger partial charge in [-0.05, 0) is 35.9 Å². The molecule has 6 nitrogen and oxygen atoms in total. The number of nitrogens with zero attached hydrogens (tertiary/aromatic N) is 1. The first-order valence-electron chi connectivity index (χ1n) is 8.93. The molecule has 29 heavy (non-hydrogen) atoms. The van der Waals surface area contributed by atoms with Gasteiger partial charge in [0.25, 0.3) is 11.5 Å². The average Bonchev–Trinajstić information content (AvgIpc) is 2.73. The number of benzene rings is 3. The van der Waals surface area contributed by atoms with E-state index in [0.29, 0.717) is 39.8 Å². The van der Waals surface area contributed by atoms with Crippen LogP contribution in [0.3, 0.4) is 0 Å². The number of carbonyl (C=O) groups is 1. The number of aromatic amines is 1. The summed E-state index contributed by atoms with van der Waals surface area (Å²) in [5.74, 6) is -1.23. The van der Waals surface area contributed by atoms with E-state index >= 15 is 0 Å². The quantitative estimate of drug-likeness (QED) is 0.466. The second-order valence-electron chi connectivity index (χ2n) is 6.58. The Bertz CT molecular complexity index is 1280. The number of nitrogens with two attached hydrogens (primary N) is 1. The third-order valence-corrected chi connectivity index (χ3v) is 4.63. The molecule has 0 aliphatic heterocycles. The zero-order valence-electron chi connectivity index (χ0n) is 15.3. The molecule has 3 aromatic carbocycles. The fraction of sp³-hybridized carbons (Fsp3) is 0.0455. The van der Waals surface area contributed by atoms with Gasteiger partial charge in [-0.3, -0.25) is 9.59 Å².